The monoisotopic (exact) mass is 1210 g/mol. The van der Waals surface area contributed by atoms with Gasteiger partial charge in [-0.2, -0.15) is 7.11 Å². The number of fused-ring (bicyclic) bond motifs is 14. The molecule has 0 aromatic carbocycles. The van der Waals surface area contributed by atoms with Gasteiger partial charge in [-0.3, -0.25) is 48.4 Å². The van der Waals surface area contributed by atoms with E-state index in [2.05, 4.69) is 84.5 Å². The van der Waals surface area contributed by atoms with Gasteiger partial charge < -0.3 is 25.5 Å². The molecular formula is C69H105FN3NaO12. The molecule has 15 nitrogen and oxygen atoms in total. The van der Waals surface area contributed by atoms with Gasteiger partial charge in [0.2, 0.25) is 23.3 Å². The van der Waals surface area contributed by atoms with E-state index in [1.807, 2.05) is 32.3 Å². The van der Waals surface area contributed by atoms with Gasteiger partial charge in [0.15, 0.2) is 5.78 Å². The van der Waals surface area contributed by atoms with Gasteiger partial charge in [-0.1, -0.05) is 106 Å². The van der Waals surface area contributed by atoms with Gasteiger partial charge in [0.1, 0.15) is 0 Å². The summed E-state index contributed by atoms with van der Waals surface area (Å²) in [6, 6.07) is 0. The molecule has 6 saturated carbocycles. The molecule has 86 heavy (non-hydrogen) atoms. The van der Waals surface area contributed by atoms with Crippen LogP contribution >= 0.6 is 0 Å². The van der Waals surface area contributed by atoms with Gasteiger partial charge >= 0.3 is 41.5 Å². The first-order valence-corrected chi connectivity index (χ1v) is 29.7. The zero-order chi connectivity index (χ0) is 63.6. The van der Waals surface area contributed by atoms with Gasteiger partial charge in [0.25, 0.3) is 0 Å². The van der Waals surface area contributed by atoms with Crippen LogP contribution < -0.4 is 45.9 Å². The summed E-state index contributed by atoms with van der Waals surface area (Å²) in [6.45, 7) is 28.3. The van der Waals surface area contributed by atoms with Gasteiger partial charge in [-0.15, -0.1) is 0 Å². The Morgan fingerprint density at radius 3 is 1.29 bits per heavy atom. The Balaban J connectivity index is 0.000000385. The number of amides is 1. The van der Waals surface area contributed by atoms with Crippen molar-refractivity contribution >= 4 is 46.7 Å². The number of nitrogens with one attached hydrogen (secondary N) is 1. The van der Waals surface area contributed by atoms with E-state index >= 15 is 0 Å². The Morgan fingerprint density at radius 1 is 0.605 bits per heavy atom. The van der Waals surface area contributed by atoms with Crippen LogP contribution in [0.15, 0.2) is 74.9 Å². The Labute approximate surface area is 536 Å². The maximum atomic E-state index is 13.5. The number of aliphatic imine (C=N–C) groups is 1. The molecule has 0 radical (unpaired) electrons. The molecule has 0 unspecified atom stereocenters. The molecule has 0 aromatic rings. The molecule has 476 valence electrons. The molecule has 0 spiro atoms. The van der Waals surface area contributed by atoms with Gasteiger partial charge in [0, 0.05) is 17.8 Å². The maximum Gasteiger partial charge on any atom is 1.00 e. The smallest absolute Gasteiger partial charge is 0.857 e. The Bertz CT molecular complexity index is 2990. The van der Waals surface area contributed by atoms with Crippen molar-refractivity contribution in [3.8, 4) is 0 Å². The van der Waals surface area contributed by atoms with E-state index in [9.17, 15) is 58.4 Å². The molecule has 14 atom stereocenters. The maximum absolute atomic E-state index is 13.5. The minimum Gasteiger partial charge on any atom is -0.857 e. The normalized spacial score (nSPS) is 41.6. The number of hydrogen-bond donors (Lipinski definition) is 6. The van der Waals surface area contributed by atoms with Crippen LogP contribution in [0.2, 0.25) is 0 Å². The standard InChI is InChI=1S/C33H45NO5.C30H40O5.C2H6N2O.CH3F.CH3O.2CH4.Na/c1-20(36)18-34-26-23(37)16-22-21(31(26,5)19-35)8-9-24-30(22,4)13-15-33(7)25-17-29(3,27(38)39)11-10-28(25,2)12-14-32(24,33)6;1-25-9-10-26(2,24(34)35)16-22(25)30(6)14-12-27(3)19-15-20(32)23(33)28(4,17-31)18(19)7-8-21(27)29(30,5)13-11-25;1-2(5)4-3;2*1-2;;;/h8-9,16,25,35H,10-15,17-19H2,1-7H3,(H,38,39);7-8,15,22,31H,9-14,16-17H2,1-6H3,(H,34,35);3H2,1H3,(H,4,5);2*1H3;2*1H4;/q;;;;-1;;;+1/t25-,28-,29-,30+,31+,32-,33+;22-,25-,26-,27+,28+,29-,30+;;;;;;/m11....../s1/i;;;1D;;;;. The van der Waals surface area contributed by atoms with E-state index in [-0.39, 0.29) is 131 Å². The molecule has 10 aliphatic carbocycles. The zero-order valence-electron chi connectivity index (χ0n) is 54.3. The first kappa shape index (κ1) is 74.4. The predicted molar refractivity (Wildman–Crippen MR) is 329 cm³/mol. The molecule has 10 aliphatic rings. The fourth-order valence-corrected chi connectivity index (χ4v) is 18.5. The molecule has 0 saturated heterocycles. The largest absolute Gasteiger partial charge is 1.00 e. The van der Waals surface area contributed by atoms with Crippen LogP contribution in [0, 0.1) is 76.8 Å². The number of carboxylic acids is 2. The second-order valence-electron chi connectivity index (χ2n) is 29.3. The molecule has 6 fully saturated rings. The number of allylic oxidation sites excluding steroid dienone is 10. The van der Waals surface area contributed by atoms with E-state index < -0.39 is 52.3 Å². The van der Waals surface area contributed by atoms with E-state index in [1.54, 1.807) is 19.1 Å². The fraction of sp³-hybridized carbons (Fsp3) is 0.710. The molecular weight excluding hydrogens is 1100 g/mol. The number of carbonyl (C=O) groups excluding carboxylic acids is 5. The van der Waals surface area contributed by atoms with E-state index in [1.165, 1.54) is 25.0 Å². The van der Waals surface area contributed by atoms with Gasteiger partial charge in [-0.05, 0) is 203 Å². The van der Waals surface area contributed by atoms with Crippen molar-refractivity contribution in [1.29, 1.82) is 0 Å². The van der Waals surface area contributed by atoms with Crippen LogP contribution in [0.5, 0.6) is 0 Å². The summed E-state index contributed by atoms with van der Waals surface area (Å²) in [4.78, 5) is 89.3. The first-order chi connectivity index (χ1) is 38.8. The number of nitrogens with zero attached hydrogens (tertiary/aromatic N) is 1. The number of carboxylic acid groups (broad SMARTS) is 2. The summed E-state index contributed by atoms with van der Waals surface area (Å²) in [6.07, 6.45) is 24.3. The van der Waals surface area contributed by atoms with Crippen LogP contribution in [0.25, 0.3) is 0 Å². The summed E-state index contributed by atoms with van der Waals surface area (Å²) >= 11 is 0. The number of hydrogen-bond acceptors (Lipinski definition) is 12. The third-order valence-electron chi connectivity index (χ3n) is 24.8. The van der Waals surface area contributed by atoms with Crippen molar-refractivity contribution in [2.24, 2.45) is 87.7 Å². The van der Waals surface area contributed by atoms with Gasteiger partial charge in [0.05, 0.1) is 55.7 Å². The predicted octanol–water partition coefficient (Wildman–Crippen LogP) is 8.16. The topological polar surface area (TPSA) is 274 Å². The van der Waals surface area contributed by atoms with Crippen LogP contribution in [0.1, 0.15) is 203 Å². The average molecular weight is 1210 g/mol. The summed E-state index contributed by atoms with van der Waals surface area (Å²) < 4.78 is 15.5. The first-order valence-electron chi connectivity index (χ1n) is 30.4. The summed E-state index contributed by atoms with van der Waals surface area (Å²) in [7, 11) is -0.250. The Hall–Kier alpha value is -4.03. The van der Waals surface area contributed by atoms with Crippen molar-refractivity contribution in [3.05, 3.63) is 69.9 Å². The van der Waals surface area contributed by atoms with E-state index in [0.717, 1.165) is 106 Å². The number of Topliss-reactive ketones (excluding diaryl/α,β-unsaturated/α-hetero) is 2. The van der Waals surface area contributed by atoms with Crippen LogP contribution in [0.3, 0.4) is 0 Å². The number of aliphatic hydroxyl groups excluding tert-OH is 2. The SMILES string of the molecule is C.C.CC(=O)CN=C1C(=O)C=C2C(=CC=C3[C@@]2(C)CC[C@@]2(C)[C@@H]4C[C@](C)(C(=O)O)CC[C@]4(C)CC[C@]32C)[C@]1(C)CO.CC(=O)NN.C[C@@]1(C(=O)O)CC[C@]2(C)CC[C@]3(C)C4=CC=C5C(=CC(=O)C(=O)[C@@]5(C)CO)[C@]4(C)CC[C@@]3(C)[C@@H]2C1.C[O-].[2H]CF.[Na+]. The number of halogens is 1. The quantitative estimate of drug-likeness (QED) is 0.0482. The third kappa shape index (κ3) is 11.4. The number of ketones is 4. The number of hydrazine groups is 1. The molecule has 0 heterocycles. The third-order valence-corrected chi connectivity index (χ3v) is 24.8. The molecule has 7 N–H and O–H groups in total. The summed E-state index contributed by atoms with van der Waals surface area (Å²) in [5, 5.41) is 49.3. The second kappa shape index (κ2) is 26.1. The van der Waals surface area contributed by atoms with Crippen molar-refractivity contribution in [3.63, 3.8) is 0 Å². The molecule has 10 rings (SSSR count). The second-order valence-corrected chi connectivity index (χ2v) is 29.3. The zero-order valence-corrected chi connectivity index (χ0v) is 55.3. The molecule has 17 heteroatoms. The number of alkyl halides is 1. The number of aliphatic hydroxyl groups is 2. The van der Waals surface area contributed by atoms with Gasteiger partial charge in [-0.25, -0.2) is 5.84 Å². The fourth-order valence-electron chi connectivity index (χ4n) is 18.5. The number of rotatable bonds is 6. The van der Waals surface area contributed by atoms with Crippen molar-refractivity contribution in [2.45, 2.75) is 202 Å². The molecule has 0 aromatic heterocycles. The van der Waals surface area contributed by atoms with Crippen LogP contribution in [-0.2, 0) is 33.6 Å². The number of carbonyl (C=O) groups is 7. The van der Waals surface area contributed by atoms with Crippen molar-refractivity contribution < 1.29 is 94.4 Å². The van der Waals surface area contributed by atoms with E-state index in [4.69, 9.17) is 6.48 Å². The van der Waals surface area contributed by atoms with E-state index in [0.29, 0.717) is 24.7 Å². The minimum atomic E-state index is -1.20. The summed E-state index contributed by atoms with van der Waals surface area (Å²) in [5.41, 5.74) is 3.87. The van der Waals surface area contributed by atoms with Crippen molar-refractivity contribution in [2.75, 3.05) is 34.0 Å². The average Bonchev–Trinajstić information content (AvgIpc) is 0.705. The molecule has 0 bridgehead atoms. The Morgan fingerprint density at radius 2 is 0.953 bits per heavy atom. The van der Waals surface area contributed by atoms with Crippen molar-refractivity contribution in [1.82, 2.24) is 5.43 Å². The summed E-state index contributed by atoms with van der Waals surface area (Å²) in [5.74, 6) is 2.19. The van der Waals surface area contributed by atoms with Crippen LogP contribution in [-0.4, -0.2) is 101 Å². The number of aliphatic carboxylic acids is 2. The van der Waals surface area contributed by atoms with Crippen LogP contribution in [0.4, 0.5) is 4.39 Å². The number of nitrogens with two attached hydrogens (primary N) is 1. The Kier molecular flexibility index (Phi) is 22.6. The molecule has 1 amide bonds. The molecule has 0 aliphatic heterocycles. The minimum absolute atomic E-state index is 0.